The molecule has 0 atom stereocenters. The SMILES string of the molecule is O=C(COC(=O)CCC1CCCCC1)Nc1ccc([N+](=O)[O-])cc1Br. The monoisotopic (exact) mass is 412 g/mol. The first kappa shape index (κ1) is 19.4. The minimum Gasteiger partial charge on any atom is -0.456 e. The van der Waals surface area contributed by atoms with Gasteiger partial charge >= 0.3 is 5.97 Å². The van der Waals surface area contributed by atoms with Crippen LogP contribution in [0, 0.1) is 16.0 Å². The van der Waals surface area contributed by atoms with Crippen molar-refractivity contribution in [3.05, 3.63) is 32.8 Å². The molecule has 0 saturated heterocycles. The highest BCUT2D eigenvalue weighted by Crippen LogP contribution is 2.28. The topological polar surface area (TPSA) is 98.5 Å². The molecule has 0 bridgehead atoms. The van der Waals surface area contributed by atoms with Crippen LogP contribution >= 0.6 is 15.9 Å². The van der Waals surface area contributed by atoms with Crippen LogP contribution in [-0.2, 0) is 14.3 Å². The lowest BCUT2D eigenvalue weighted by Crippen LogP contribution is -2.21. The predicted molar refractivity (Wildman–Crippen MR) is 96.2 cm³/mol. The molecule has 0 unspecified atom stereocenters. The number of benzene rings is 1. The lowest BCUT2D eigenvalue weighted by atomic mass is 9.86. The Kier molecular flexibility index (Phi) is 7.36. The molecule has 0 aromatic heterocycles. The number of hydrogen-bond donors (Lipinski definition) is 1. The number of ether oxygens (including phenoxy) is 1. The van der Waals surface area contributed by atoms with Crippen LogP contribution in [0.2, 0.25) is 0 Å². The van der Waals surface area contributed by atoms with E-state index in [0.29, 0.717) is 22.5 Å². The number of halogens is 1. The van der Waals surface area contributed by atoms with Gasteiger partial charge in [-0.3, -0.25) is 19.7 Å². The van der Waals surface area contributed by atoms with E-state index in [1.54, 1.807) is 0 Å². The number of nitro groups is 1. The number of nitro benzene ring substituents is 1. The first-order valence-electron chi connectivity index (χ1n) is 8.35. The summed E-state index contributed by atoms with van der Waals surface area (Å²) in [6, 6.07) is 4.01. The van der Waals surface area contributed by atoms with Crippen molar-refractivity contribution in [1.82, 2.24) is 0 Å². The van der Waals surface area contributed by atoms with Gasteiger partial charge in [-0.15, -0.1) is 0 Å². The Morgan fingerprint density at radius 3 is 2.64 bits per heavy atom. The van der Waals surface area contributed by atoms with Gasteiger partial charge in [-0.05, 0) is 34.3 Å². The van der Waals surface area contributed by atoms with Gasteiger partial charge in [0.25, 0.3) is 11.6 Å². The van der Waals surface area contributed by atoms with Crippen LogP contribution in [0.4, 0.5) is 11.4 Å². The molecular formula is C17H21BrN2O5. The molecule has 7 nitrogen and oxygen atoms in total. The van der Waals surface area contributed by atoms with Crippen LogP contribution in [0.15, 0.2) is 22.7 Å². The molecule has 2 rings (SSSR count). The maximum Gasteiger partial charge on any atom is 0.306 e. The highest BCUT2D eigenvalue weighted by atomic mass is 79.9. The van der Waals surface area contributed by atoms with Crippen molar-refractivity contribution in [3.8, 4) is 0 Å². The van der Waals surface area contributed by atoms with Crippen molar-refractivity contribution in [1.29, 1.82) is 0 Å². The zero-order valence-electron chi connectivity index (χ0n) is 13.8. The van der Waals surface area contributed by atoms with Crippen molar-refractivity contribution in [2.75, 3.05) is 11.9 Å². The number of nitrogens with one attached hydrogen (secondary N) is 1. The smallest absolute Gasteiger partial charge is 0.306 e. The van der Waals surface area contributed by atoms with Gasteiger partial charge in [-0.2, -0.15) is 0 Å². The third-order valence-corrected chi connectivity index (χ3v) is 4.94. The molecule has 0 heterocycles. The standard InChI is InChI=1S/C17H21BrN2O5/c18-14-10-13(20(23)24)7-8-15(14)19-16(21)11-25-17(22)9-6-12-4-2-1-3-5-12/h7-8,10,12H,1-6,9,11H2,(H,19,21). The molecule has 0 radical (unpaired) electrons. The molecule has 1 aliphatic rings. The summed E-state index contributed by atoms with van der Waals surface area (Å²) < 4.78 is 5.38. The molecule has 0 aliphatic heterocycles. The molecule has 136 valence electrons. The van der Waals surface area contributed by atoms with Gasteiger partial charge in [0.05, 0.1) is 10.6 Å². The summed E-state index contributed by atoms with van der Waals surface area (Å²) in [4.78, 5) is 33.7. The quantitative estimate of drug-likeness (QED) is 0.410. The maximum absolute atomic E-state index is 11.9. The Labute approximate surface area is 154 Å². The summed E-state index contributed by atoms with van der Waals surface area (Å²) in [6.45, 7) is -0.368. The van der Waals surface area contributed by atoms with Crippen LogP contribution in [0.25, 0.3) is 0 Å². The van der Waals surface area contributed by atoms with Crippen LogP contribution in [0.5, 0.6) is 0 Å². The molecular weight excluding hydrogens is 392 g/mol. The van der Waals surface area contributed by atoms with Gasteiger partial charge < -0.3 is 10.1 Å². The number of rotatable bonds is 7. The fraction of sp³-hybridized carbons (Fsp3) is 0.529. The van der Waals surface area contributed by atoms with E-state index in [9.17, 15) is 19.7 Å². The summed E-state index contributed by atoms with van der Waals surface area (Å²) in [5.74, 6) is -0.268. The lowest BCUT2D eigenvalue weighted by Gasteiger charge is -2.20. The minimum atomic E-state index is -0.523. The van der Waals surface area contributed by atoms with Gasteiger partial charge in [0.15, 0.2) is 6.61 Å². The summed E-state index contributed by atoms with van der Waals surface area (Å²) >= 11 is 3.17. The normalized spacial score (nSPS) is 14.8. The fourth-order valence-electron chi connectivity index (χ4n) is 2.92. The van der Waals surface area contributed by atoms with Crippen molar-refractivity contribution < 1.29 is 19.2 Å². The summed E-state index contributed by atoms with van der Waals surface area (Å²) in [6.07, 6.45) is 7.22. The molecule has 1 aliphatic carbocycles. The molecule has 25 heavy (non-hydrogen) atoms. The largest absolute Gasteiger partial charge is 0.456 e. The number of nitrogens with zero attached hydrogens (tertiary/aromatic N) is 1. The summed E-state index contributed by atoms with van der Waals surface area (Å²) in [5, 5.41) is 13.2. The Balaban J connectivity index is 1.72. The van der Waals surface area contributed by atoms with E-state index in [0.717, 1.165) is 6.42 Å². The molecule has 1 fully saturated rings. The summed E-state index contributed by atoms with van der Waals surface area (Å²) in [7, 11) is 0. The Morgan fingerprint density at radius 1 is 1.28 bits per heavy atom. The van der Waals surface area contributed by atoms with E-state index in [-0.39, 0.29) is 18.3 Å². The molecule has 1 aromatic rings. The van der Waals surface area contributed by atoms with Gasteiger partial charge in [0.1, 0.15) is 0 Å². The highest BCUT2D eigenvalue weighted by Gasteiger charge is 2.16. The van der Waals surface area contributed by atoms with E-state index in [2.05, 4.69) is 21.2 Å². The molecule has 1 saturated carbocycles. The van der Waals surface area contributed by atoms with Crippen molar-refractivity contribution in [2.24, 2.45) is 5.92 Å². The van der Waals surface area contributed by atoms with E-state index < -0.39 is 10.8 Å². The Morgan fingerprint density at radius 2 is 2.00 bits per heavy atom. The second-order valence-electron chi connectivity index (χ2n) is 6.17. The lowest BCUT2D eigenvalue weighted by molar-refractivity contribution is -0.384. The molecule has 8 heteroatoms. The minimum absolute atomic E-state index is 0.0842. The second-order valence-corrected chi connectivity index (χ2v) is 7.03. The number of esters is 1. The number of carbonyl (C=O) groups excluding carboxylic acids is 2. The second kappa shape index (κ2) is 9.50. The number of hydrogen-bond acceptors (Lipinski definition) is 5. The Hall–Kier alpha value is -1.96. The van der Waals surface area contributed by atoms with Gasteiger partial charge in [0.2, 0.25) is 0 Å². The van der Waals surface area contributed by atoms with E-state index in [1.165, 1.54) is 50.3 Å². The van der Waals surface area contributed by atoms with Crippen LogP contribution < -0.4 is 5.32 Å². The van der Waals surface area contributed by atoms with Crippen LogP contribution in [-0.4, -0.2) is 23.4 Å². The van der Waals surface area contributed by atoms with Gasteiger partial charge in [0, 0.05) is 23.0 Å². The van der Waals surface area contributed by atoms with E-state index in [4.69, 9.17) is 4.74 Å². The molecule has 0 spiro atoms. The van der Waals surface area contributed by atoms with Crippen LogP contribution in [0.3, 0.4) is 0 Å². The third-order valence-electron chi connectivity index (χ3n) is 4.28. The number of amides is 1. The molecule has 1 N–H and O–H groups in total. The molecule has 1 amide bonds. The van der Waals surface area contributed by atoms with Gasteiger partial charge in [-0.1, -0.05) is 32.1 Å². The van der Waals surface area contributed by atoms with E-state index >= 15 is 0 Å². The average molecular weight is 413 g/mol. The number of non-ortho nitro benzene ring substituents is 1. The molecule has 1 aromatic carbocycles. The Bertz CT molecular complexity index is 644. The zero-order chi connectivity index (χ0) is 18.2. The third kappa shape index (κ3) is 6.45. The first-order chi connectivity index (χ1) is 12.0. The van der Waals surface area contributed by atoms with Gasteiger partial charge in [-0.25, -0.2) is 0 Å². The fourth-order valence-corrected chi connectivity index (χ4v) is 3.39. The first-order valence-corrected chi connectivity index (χ1v) is 9.14. The highest BCUT2D eigenvalue weighted by molar-refractivity contribution is 9.10. The van der Waals surface area contributed by atoms with Crippen molar-refractivity contribution >= 4 is 39.2 Å². The number of anilines is 1. The van der Waals surface area contributed by atoms with Crippen molar-refractivity contribution in [3.63, 3.8) is 0 Å². The van der Waals surface area contributed by atoms with E-state index in [1.807, 2.05) is 0 Å². The zero-order valence-corrected chi connectivity index (χ0v) is 15.4. The van der Waals surface area contributed by atoms with Crippen LogP contribution in [0.1, 0.15) is 44.9 Å². The van der Waals surface area contributed by atoms with Crippen molar-refractivity contribution in [2.45, 2.75) is 44.9 Å². The average Bonchev–Trinajstić information content (AvgIpc) is 2.60. The predicted octanol–water partition coefficient (Wildman–Crippen LogP) is 4.20. The summed E-state index contributed by atoms with van der Waals surface area (Å²) in [5.41, 5.74) is 0.299. The number of carbonyl (C=O) groups is 2. The maximum atomic E-state index is 11.9.